The second kappa shape index (κ2) is 7.19. The van der Waals surface area contributed by atoms with Crippen LogP contribution in [0.4, 0.5) is 0 Å². The average Bonchev–Trinajstić information content (AvgIpc) is 2.86. The summed E-state index contributed by atoms with van der Waals surface area (Å²) >= 11 is 0. The molecule has 1 heterocycles. The van der Waals surface area contributed by atoms with Gasteiger partial charge in [0.1, 0.15) is 0 Å². The zero-order valence-electron chi connectivity index (χ0n) is 15.4. The van der Waals surface area contributed by atoms with Gasteiger partial charge in [0.2, 0.25) is 0 Å². The van der Waals surface area contributed by atoms with Gasteiger partial charge in [-0.25, -0.2) is 4.68 Å². The van der Waals surface area contributed by atoms with Crippen LogP contribution in [0.1, 0.15) is 42.5 Å². The lowest BCUT2D eigenvalue weighted by Crippen LogP contribution is -2.45. The van der Waals surface area contributed by atoms with E-state index in [9.17, 15) is 14.7 Å². The average molecular weight is 343 g/mol. The molecule has 0 aliphatic heterocycles. The predicted octanol–water partition coefficient (Wildman–Crippen LogP) is 2.29. The predicted molar refractivity (Wildman–Crippen MR) is 95.9 cm³/mol. The summed E-state index contributed by atoms with van der Waals surface area (Å²) in [6, 6.07) is 9.46. The molecule has 2 rings (SSSR count). The molecule has 6 heteroatoms. The summed E-state index contributed by atoms with van der Waals surface area (Å²) in [6.45, 7) is 8.94. The quantitative estimate of drug-likeness (QED) is 0.645. The van der Waals surface area contributed by atoms with Gasteiger partial charge in [-0.2, -0.15) is 5.10 Å². The number of likely N-dealkylation sites (N-methyl/N-ethyl adjacent to an activating group) is 1. The van der Waals surface area contributed by atoms with Crippen molar-refractivity contribution < 1.29 is 14.7 Å². The molecule has 0 fully saturated rings. The zero-order chi connectivity index (χ0) is 18.8. The van der Waals surface area contributed by atoms with E-state index in [4.69, 9.17) is 0 Å². The largest absolute Gasteiger partial charge is 0.389 e. The maximum Gasteiger partial charge on any atom is 0.295 e. The van der Waals surface area contributed by atoms with Crippen molar-refractivity contribution in [3.8, 4) is 5.69 Å². The van der Waals surface area contributed by atoms with Crippen LogP contribution in [0.3, 0.4) is 0 Å². The Kier molecular flexibility index (Phi) is 5.42. The Labute approximate surface area is 148 Å². The van der Waals surface area contributed by atoms with Crippen molar-refractivity contribution in [2.45, 2.75) is 40.2 Å². The molecule has 0 atom stereocenters. The molecule has 134 valence electrons. The number of para-hydroxylation sites is 1. The van der Waals surface area contributed by atoms with Gasteiger partial charge in [0, 0.05) is 13.1 Å². The molecule has 2 aromatic rings. The van der Waals surface area contributed by atoms with Crippen molar-refractivity contribution in [1.82, 2.24) is 14.7 Å². The first-order chi connectivity index (χ1) is 11.7. The van der Waals surface area contributed by atoms with Gasteiger partial charge in [0.15, 0.2) is 0 Å². The smallest absolute Gasteiger partial charge is 0.295 e. The summed E-state index contributed by atoms with van der Waals surface area (Å²) < 4.78 is 1.67. The minimum Gasteiger partial charge on any atom is -0.389 e. The first-order valence-electron chi connectivity index (χ1n) is 8.33. The van der Waals surface area contributed by atoms with Crippen molar-refractivity contribution >= 4 is 11.7 Å². The lowest BCUT2D eigenvalue weighted by Gasteiger charge is -2.27. The van der Waals surface area contributed by atoms with E-state index in [0.29, 0.717) is 23.5 Å². The van der Waals surface area contributed by atoms with Crippen LogP contribution < -0.4 is 0 Å². The summed E-state index contributed by atoms with van der Waals surface area (Å²) in [5.74, 6) is -1.22. The van der Waals surface area contributed by atoms with Crippen molar-refractivity contribution in [1.29, 1.82) is 0 Å². The standard InChI is InChI=1S/C19H25N3O3/c1-6-21(12-19(4,5)25)18(24)17(23)16-13(2)20-22(14(16)3)15-10-8-7-9-11-15/h7-11,25H,6,12H2,1-5H3. The van der Waals surface area contributed by atoms with Crippen LogP contribution in [0.2, 0.25) is 0 Å². The number of benzene rings is 1. The molecule has 0 saturated carbocycles. The second-order valence-corrected chi connectivity index (χ2v) is 6.75. The number of ketones is 1. The Morgan fingerprint density at radius 3 is 2.32 bits per heavy atom. The topological polar surface area (TPSA) is 75.4 Å². The molecule has 0 aliphatic carbocycles. The molecule has 0 spiro atoms. The van der Waals surface area contributed by atoms with Crippen molar-refractivity contribution in [3.05, 3.63) is 47.3 Å². The number of hydrogen-bond donors (Lipinski definition) is 1. The lowest BCUT2D eigenvalue weighted by atomic mass is 10.1. The number of carbonyl (C=O) groups excluding carboxylic acids is 2. The molecular weight excluding hydrogens is 318 g/mol. The molecule has 25 heavy (non-hydrogen) atoms. The van der Waals surface area contributed by atoms with E-state index >= 15 is 0 Å². The van der Waals surface area contributed by atoms with Gasteiger partial charge in [-0.1, -0.05) is 18.2 Å². The minimum atomic E-state index is -1.07. The number of carbonyl (C=O) groups is 2. The third-order valence-electron chi connectivity index (χ3n) is 3.96. The Morgan fingerprint density at radius 1 is 1.20 bits per heavy atom. The number of rotatable bonds is 6. The van der Waals surface area contributed by atoms with Crippen LogP contribution in [-0.2, 0) is 4.79 Å². The normalized spacial score (nSPS) is 11.4. The summed E-state index contributed by atoms with van der Waals surface area (Å²) in [5.41, 5.74) is 1.23. The molecule has 1 N–H and O–H groups in total. The van der Waals surface area contributed by atoms with E-state index in [1.807, 2.05) is 30.3 Å². The highest BCUT2D eigenvalue weighted by Gasteiger charge is 2.30. The Balaban J connectivity index is 2.37. The highest BCUT2D eigenvalue weighted by atomic mass is 16.3. The molecule has 0 aliphatic rings. The summed E-state index contributed by atoms with van der Waals surface area (Å²) in [4.78, 5) is 26.8. The fourth-order valence-corrected chi connectivity index (χ4v) is 2.84. The lowest BCUT2D eigenvalue weighted by molar-refractivity contribution is -0.129. The molecule has 0 unspecified atom stereocenters. The zero-order valence-corrected chi connectivity index (χ0v) is 15.4. The van der Waals surface area contributed by atoms with Crippen LogP contribution in [0.15, 0.2) is 30.3 Å². The van der Waals surface area contributed by atoms with Crippen molar-refractivity contribution in [2.75, 3.05) is 13.1 Å². The van der Waals surface area contributed by atoms with Gasteiger partial charge < -0.3 is 10.0 Å². The maximum atomic E-state index is 12.8. The van der Waals surface area contributed by atoms with E-state index in [0.717, 1.165) is 5.69 Å². The van der Waals surface area contributed by atoms with Crippen molar-refractivity contribution in [3.63, 3.8) is 0 Å². The fraction of sp³-hybridized carbons (Fsp3) is 0.421. The highest BCUT2D eigenvalue weighted by Crippen LogP contribution is 2.19. The second-order valence-electron chi connectivity index (χ2n) is 6.75. The van der Waals surface area contributed by atoms with Crippen LogP contribution in [0.5, 0.6) is 0 Å². The van der Waals surface area contributed by atoms with Crippen LogP contribution in [0.25, 0.3) is 5.69 Å². The maximum absolute atomic E-state index is 12.8. The Bertz CT molecular complexity index is 773. The van der Waals surface area contributed by atoms with Crippen LogP contribution >= 0.6 is 0 Å². The minimum absolute atomic E-state index is 0.0962. The summed E-state index contributed by atoms with van der Waals surface area (Å²) in [6.07, 6.45) is 0. The van der Waals surface area contributed by atoms with Crippen molar-refractivity contribution in [2.24, 2.45) is 0 Å². The molecule has 0 radical (unpaired) electrons. The number of aliphatic hydroxyl groups is 1. The van der Waals surface area contributed by atoms with Gasteiger partial charge in [-0.3, -0.25) is 9.59 Å². The number of amides is 1. The third-order valence-corrected chi connectivity index (χ3v) is 3.96. The van der Waals surface area contributed by atoms with E-state index in [2.05, 4.69) is 5.10 Å². The number of Topliss-reactive ketones (excluding diaryl/α,β-unsaturated/α-hetero) is 1. The SMILES string of the molecule is CCN(CC(C)(C)O)C(=O)C(=O)c1c(C)nn(-c2ccccc2)c1C. The Morgan fingerprint density at radius 2 is 1.80 bits per heavy atom. The molecule has 1 amide bonds. The number of hydrogen-bond acceptors (Lipinski definition) is 4. The number of aromatic nitrogens is 2. The first kappa shape index (κ1) is 18.9. The van der Waals surface area contributed by atoms with E-state index < -0.39 is 17.3 Å². The van der Waals surface area contributed by atoms with Gasteiger partial charge in [0.25, 0.3) is 11.7 Å². The highest BCUT2D eigenvalue weighted by molar-refractivity contribution is 6.43. The van der Waals surface area contributed by atoms with E-state index in [1.54, 1.807) is 39.3 Å². The van der Waals surface area contributed by atoms with Crippen LogP contribution in [0, 0.1) is 13.8 Å². The fourth-order valence-electron chi connectivity index (χ4n) is 2.84. The Hall–Kier alpha value is -2.47. The molecule has 6 nitrogen and oxygen atoms in total. The molecule has 1 aromatic heterocycles. The van der Waals surface area contributed by atoms with Gasteiger partial charge in [-0.05, 0) is 46.8 Å². The van der Waals surface area contributed by atoms with Gasteiger partial charge >= 0.3 is 0 Å². The van der Waals surface area contributed by atoms with Gasteiger partial charge in [0.05, 0.1) is 28.2 Å². The molecule has 1 aromatic carbocycles. The molecule has 0 saturated heterocycles. The van der Waals surface area contributed by atoms with Gasteiger partial charge in [-0.15, -0.1) is 0 Å². The third kappa shape index (κ3) is 4.14. The van der Waals surface area contributed by atoms with E-state index in [-0.39, 0.29) is 6.54 Å². The summed E-state index contributed by atoms with van der Waals surface area (Å²) in [7, 11) is 0. The molecular formula is C19H25N3O3. The van der Waals surface area contributed by atoms with E-state index in [1.165, 1.54) is 4.90 Å². The molecule has 0 bridgehead atoms. The van der Waals surface area contributed by atoms with Crippen LogP contribution in [-0.4, -0.2) is 50.2 Å². The summed E-state index contributed by atoms with van der Waals surface area (Å²) in [5, 5.41) is 14.4. The monoisotopic (exact) mass is 343 g/mol. The number of nitrogens with zero attached hydrogens (tertiary/aromatic N) is 3. The first-order valence-corrected chi connectivity index (χ1v) is 8.33. The number of aryl methyl sites for hydroxylation is 1.